The van der Waals surface area contributed by atoms with E-state index in [9.17, 15) is 9.59 Å². The van der Waals surface area contributed by atoms with Gasteiger partial charge in [0.1, 0.15) is 6.04 Å². The zero-order valence-electron chi connectivity index (χ0n) is 12.7. The van der Waals surface area contributed by atoms with Crippen LogP contribution in [-0.2, 0) is 4.79 Å². The molecule has 0 aromatic heterocycles. The lowest BCUT2D eigenvalue weighted by atomic mass is 10.0. The first-order valence-electron chi connectivity index (χ1n) is 7.12. The number of amidine groups is 1. The molecule has 0 saturated carbocycles. The molecule has 0 spiro atoms. The summed E-state index contributed by atoms with van der Waals surface area (Å²) in [6.45, 7) is 4.41. The number of benzene rings is 1. The molecule has 8 heteroatoms. The van der Waals surface area contributed by atoms with E-state index in [0.29, 0.717) is 16.7 Å². The average molecular weight is 374 g/mol. The zero-order chi connectivity index (χ0) is 17.0. The molecule has 0 fully saturated rings. The first kappa shape index (κ1) is 18.1. The zero-order valence-corrected chi connectivity index (χ0v) is 15.1. The molecule has 0 radical (unpaired) electrons. The molecular weight excluding hydrogens is 357 g/mol. The Balaban J connectivity index is 2.09. The predicted octanol–water partition coefficient (Wildman–Crippen LogP) is 2.97. The lowest BCUT2D eigenvalue weighted by Crippen LogP contribution is -2.50. The van der Waals surface area contributed by atoms with E-state index >= 15 is 0 Å². The third kappa shape index (κ3) is 4.86. The maximum absolute atomic E-state index is 12.4. The van der Waals surface area contributed by atoms with E-state index in [1.54, 1.807) is 6.07 Å². The summed E-state index contributed by atoms with van der Waals surface area (Å²) in [7, 11) is 0. The van der Waals surface area contributed by atoms with Crippen molar-refractivity contribution >= 4 is 51.9 Å². The Labute approximate surface area is 149 Å². The monoisotopic (exact) mass is 373 g/mol. The second-order valence-electron chi connectivity index (χ2n) is 5.34. The number of nitrogens with zero attached hydrogens (tertiary/aromatic N) is 1. The predicted molar refractivity (Wildman–Crippen MR) is 95.5 cm³/mol. The molecule has 0 aliphatic carbocycles. The highest BCUT2D eigenvalue weighted by molar-refractivity contribution is 8.14. The van der Waals surface area contributed by atoms with Crippen molar-refractivity contribution in [3.63, 3.8) is 0 Å². The topological polar surface area (TPSA) is 70.6 Å². The number of hydrogen-bond acceptors (Lipinski definition) is 4. The molecule has 1 aromatic carbocycles. The maximum atomic E-state index is 12.4. The number of aliphatic imine (C=N–C) groups is 1. The van der Waals surface area contributed by atoms with Crippen LogP contribution >= 0.6 is 35.0 Å². The molecule has 2 rings (SSSR count). The minimum Gasteiger partial charge on any atom is -0.340 e. The van der Waals surface area contributed by atoms with Crippen LogP contribution in [0.3, 0.4) is 0 Å². The molecule has 1 heterocycles. The summed E-state index contributed by atoms with van der Waals surface area (Å²) in [5, 5.41) is 6.76. The minimum atomic E-state index is -0.682. The first-order valence-corrected chi connectivity index (χ1v) is 8.86. The number of hydrogen-bond donors (Lipinski definition) is 2. The highest BCUT2D eigenvalue weighted by Gasteiger charge is 2.27. The summed E-state index contributed by atoms with van der Waals surface area (Å²) >= 11 is 13.4. The van der Waals surface area contributed by atoms with E-state index in [1.165, 1.54) is 23.9 Å². The van der Waals surface area contributed by atoms with Crippen molar-refractivity contribution in [3.8, 4) is 0 Å². The van der Waals surface area contributed by atoms with E-state index in [-0.39, 0.29) is 22.4 Å². The Morgan fingerprint density at radius 2 is 2.04 bits per heavy atom. The molecule has 2 N–H and O–H groups in total. The van der Waals surface area contributed by atoms with Gasteiger partial charge < -0.3 is 10.6 Å². The van der Waals surface area contributed by atoms with Gasteiger partial charge in [-0.05, 0) is 24.1 Å². The van der Waals surface area contributed by atoms with Crippen molar-refractivity contribution in [3.05, 3.63) is 33.8 Å². The van der Waals surface area contributed by atoms with Crippen LogP contribution in [-0.4, -0.2) is 35.3 Å². The lowest BCUT2D eigenvalue weighted by molar-refractivity contribution is -0.122. The molecule has 0 bridgehead atoms. The van der Waals surface area contributed by atoms with Crippen molar-refractivity contribution in [1.29, 1.82) is 0 Å². The van der Waals surface area contributed by atoms with Crippen molar-refractivity contribution in [2.75, 3.05) is 12.3 Å². The number of nitrogens with one attached hydrogen (secondary N) is 2. The number of halogens is 2. The number of rotatable bonds is 4. The van der Waals surface area contributed by atoms with Gasteiger partial charge in [0.05, 0.1) is 17.1 Å². The molecular formula is C15H17Cl2N3O2S. The molecule has 0 saturated heterocycles. The van der Waals surface area contributed by atoms with Gasteiger partial charge >= 0.3 is 0 Å². The molecule has 2 amide bonds. The van der Waals surface area contributed by atoms with Gasteiger partial charge in [0, 0.05) is 10.8 Å². The molecule has 1 atom stereocenters. The summed E-state index contributed by atoms with van der Waals surface area (Å²) in [5.74, 6) is 0.0690. The van der Waals surface area contributed by atoms with Gasteiger partial charge in [-0.2, -0.15) is 0 Å². The highest BCUT2D eigenvalue weighted by Crippen LogP contribution is 2.21. The van der Waals surface area contributed by atoms with Gasteiger partial charge in [0.25, 0.3) is 5.91 Å². The molecule has 0 unspecified atom stereocenters. The maximum Gasteiger partial charge on any atom is 0.253 e. The van der Waals surface area contributed by atoms with Gasteiger partial charge in [0.15, 0.2) is 5.17 Å². The van der Waals surface area contributed by atoms with Gasteiger partial charge in [0.2, 0.25) is 5.91 Å². The van der Waals surface area contributed by atoms with Crippen LogP contribution in [0, 0.1) is 5.92 Å². The van der Waals surface area contributed by atoms with Gasteiger partial charge in [-0.1, -0.05) is 48.8 Å². The van der Waals surface area contributed by atoms with Crippen LogP contribution in [0.1, 0.15) is 24.2 Å². The van der Waals surface area contributed by atoms with Crippen LogP contribution < -0.4 is 10.6 Å². The lowest BCUT2D eigenvalue weighted by Gasteiger charge is -2.21. The quantitative estimate of drug-likeness (QED) is 0.851. The Morgan fingerprint density at radius 1 is 1.30 bits per heavy atom. The van der Waals surface area contributed by atoms with E-state index in [4.69, 9.17) is 23.2 Å². The summed E-state index contributed by atoms with van der Waals surface area (Å²) in [6.07, 6.45) is 0. The second kappa shape index (κ2) is 8.04. The third-order valence-corrected chi connectivity index (χ3v) is 4.67. The Bertz CT molecular complexity index is 650. The van der Waals surface area contributed by atoms with Crippen molar-refractivity contribution < 1.29 is 9.59 Å². The highest BCUT2D eigenvalue weighted by atomic mass is 35.5. The first-order chi connectivity index (χ1) is 10.9. The van der Waals surface area contributed by atoms with Crippen LogP contribution in [0.4, 0.5) is 0 Å². The van der Waals surface area contributed by atoms with E-state index < -0.39 is 11.9 Å². The normalized spacial score (nSPS) is 15.3. The van der Waals surface area contributed by atoms with E-state index in [1.807, 2.05) is 13.8 Å². The van der Waals surface area contributed by atoms with Crippen molar-refractivity contribution in [2.45, 2.75) is 19.9 Å². The largest absolute Gasteiger partial charge is 0.340 e. The van der Waals surface area contributed by atoms with Crippen LogP contribution in [0.25, 0.3) is 0 Å². The molecule has 124 valence electrons. The van der Waals surface area contributed by atoms with Gasteiger partial charge in [-0.3, -0.25) is 14.6 Å². The molecule has 5 nitrogen and oxygen atoms in total. The van der Waals surface area contributed by atoms with Gasteiger partial charge in [-0.15, -0.1) is 0 Å². The second-order valence-corrected chi connectivity index (χ2v) is 7.27. The summed E-state index contributed by atoms with van der Waals surface area (Å²) < 4.78 is 0. The summed E-state index contributed by atoms with van der Waals surface area (Å²) in [5.41, 5.74) is 0.280. The molecule has 23 heavy (non-hydrogen) atoms. The fraction of sp³-hybridized carbons (Fsp3) is 0.400. The smallest absolute Gasteiger partial charge is 0.253 e. The molecule has 1 aliphatic rings. The Hall–Kier alpha value is -1.24. The SMILES string of the molecule is CC(C)[C@H](NC(=O)c1ccc(Cl)cc1Cl)C(=O)NC1=NCCS1. The Kier molecular flexibility index (Phi) is 6.33. The Morgan fingerprint density at radius 3 is 2.61 bits per heavy atom. The fourth-order valence-electron chi connectivity index (χ4n) is 2.02. The minimum absolute atomic E-state index is 0.0861. The third-order valence-electron chi connectivity index (χ3n) is 3.23. The summed E-state index contributed by atoms with van der Waals surface area (Å²) in [4.78, 5) is 28.9. The van der Waals surface area contributed by atoms with E-state index in [2.05, 4.69) is 15.6 Å². The van der Waals surface area contributed by atoms with Gasteiger partial charge in [-0.25, -0.2) is 0 Å². The van der Waals surface area contributed by atoms with Crippen LogP contribution in [0.2, 0.25) is 10.0 Å². The standard InChI is InChI=1S/C15H17Cl2N3O2S/c1-8(2)12(14(22)20-15-18-5-6-23-15)19-13(21)10-4-3-9(16)7-11(10)17/h3-4,7-8,12H,5-6H2,1-2H3,(H,19,21)(H,18,20,22)/t12-/m0/s1. The fourth-order valence-corrected chi connectivity index (χ4v) is 3.25. The van der Waals surface area contributed by atoms with E-state index in [0.717, 1.165) is 5.75 Å². The van der Waals surface area contributed by atoms with Crippen LogP contribution in [0.5, 0.6) is 0 Å². The molecule has 1 aromatic rings. The number of thioether (sulfide) groups is 1. The van der Waals surface area contributed by atoms with Crippen LogP contribution in [0.15, 0.2) is 23.2 Å². The van der Waals surface area contributed by atoms with Crippen molar-refractivity contribution in [2.24, 2.45) is 10.9 Å². The molecule has 1 aliphatic heterocycles. The number of carbonyl (C=O) groups is 2. The average Bonchev–Trinajstić information content (AvgIpc) is 2.96. The number of amides is 2. The van der Waals surface area contributed by atoms with Crippen molar-refractivity contribution in [1.82, 2.24) is 10.6 Å². The summed E-state index contributed by atoms with van der Waals surface area (Å²) in [6, 6.07) is 3.92. The number of carbonyl (C=O) groups excluding carboxylic acids is 2.